The monoisotopic (exact) mass is 428 g/mol. The number of halogens is 15. The van der Waals surface area contributed by atoms with Gasteiger partial charge in [0, 0.05) is 5.46 Å². The Bertz CT molecular complexity index is 738. The number of hydrogen-bond donors (Lipinski definition) is 0. The molecule has 0 spiro atoms. The van der Waals surface area contributed by atoms with Crippen LogP contribution in [0.25, 0.3) is 0 Å². The van der Waals surface area contributed by atoms with Crippen LogP contribution in [0.15, 0.2) is 0 Å². The van der Waals surface area contributed by atoms with Gasteiger partial charge in [0.15, 0.2) is 29.1 Å². The van der Waals surface area contributed by atoms with E-state index in [9.17, 15) is 65.9 Å². The molecule has 1 aromatic rings. The first-order valence-corrected chi connectivity index (χ1v) is 6.20. The Morgan fingerprint density at radius 2 is 0.667 bits per heavy atom. The zero-order valence-corrected chi connectivity index (χ0v) is 11.7. The van der Waals surface area contributed by atoms with Gasteiger partial charge in [-0.2, -0.15) is 26.3 Å². The molecule has 0 nitrogen and oxygen atoms in total. The van der Waals surface area contributed by atoms with E-state index in [1.54, 1.807) is 0 Å². The predicted octanol–water partition coefficient (Wildman–Crippen LogP) is 4.35. The smallest absolute Gasteiger partial charge is 0.210 e. The fourth-order valence-electron chi connectivity index (χ4n) is 2.44. The van der Waals surface area contributed by atoms with Crippen LogP contribution < -0.4 is 5.46 Å². The Morgan fingerprint density at radius 1 is 0.407 bits per heavy atom. The summed E-state index contributed by atoms with van der Waals surface area (Å²) in [6, 6.07) is 0. The molecule has 0 N–H and O–H groups in total. The highest BCUT2D eigenvalue weighted by molar-refractivity contribution is 6.78. The van der Waals surface area contributed by atoms with E-state index in [1.807, 2.05) is 0 Å². The third-order valence-electron chi connectivity index (χ3n) is 3.88. The normalized spacial score (nSPS) is 24.8. The van der Waals surface area contributed by atoms with Gasteiger partial charge in [-0.05, 0) is 0 Å². The Balaban J connectivity index is 3.01. The molecule has 1 aliphatic heterocycles. The molecular formula is C11BF15. The predicted molar refractivity (Wildman–Crippen MR) is 56.4 cm³/mol. The van der Waals surface area contributed by atoms with Gasteiger partial charge in [-0.15, -0.1) is 0 Å². The van der Waals surface area contributed by atoms with Crippen LogP contribution in [0, 0.1) is 29.1 Å². The average Bonchev–Trinajstić information content (AvgIpc) is 2.52. The van der Waals surface area contributed by atoms with E-state index in [0.29, 0.717) is 0 Å². The minimum Gasteiger partial charge on any atom is -0.210 e. The number of hydrogen-bond acceptors (Lipinski definition) is 0. The van der Waals surface area contributed by atoms with Crippen molar-refractivity contribution in [3.8, 4) is 0 Å². The lowest BCUT2D eigenvalue weighted by Crippen LogP contribution is -2.84. The van der Waals surface area contributed by atoms with Gasteiger partial charge in [-0.1, -0.05) is 0 Å². The van der Waals surface area contributed by atoms with Gasteiger partial charge in [0.1, 0.15) is 0 Å². The third-order valence-corrected chi connectivity index (χ3v) is 3.88. The van der Waals surface area contributed by atoms with Gasteiger partial charge in [0.05, 0.1) is 0 Å². The zero-order chi connectivity index (χ0) is 21.5. The van der Waals surface area contributed by atoms with Crippen LogP contribution in [-0.4, -0.2) is 36.1 Å². The Kier molecular flexibility index (Phi) is 4.30. The van der Waals surface area contributed by atoms with Gasteiger partial charge >= 0.3 is 24.5 Å². The van der Waals surface area contributed by atoms with E-state index < -0.39 is 70.7 Å². The van der Waals surface area contributed by atoms with Crippen LogP contribution in [0.1, 0.15) is 0 Å². The Morgan fingerprint density at radius 3 is 0.963 bits per heavy atom. The van der Waals surface area contributed by atoms with Gasteiger partial charge in [0.2, 0.25) is 0 Å². The molecule has 152 valence electrons. The lowest BCUT2D eigenvalue weighted by molar-refractivity contribution is -0.395. The van der Waals surface area contributed by atoms with Crippen molar-refractivity contribution < 1.29 is 65.9 Å². The minimum absolute atomic E-state index is 3.12. The molecule has 0 aromatic heterocycles. The number of rotatable bonds is 1. The van der Waals surface area contributed by atoms with E-state index in [2.05, 4.69) is 0 Å². The molecule has 0 radical (unpaired) electrons. The third kappa shape index (κ3) is 2.17. The zero-order valence-electron chi connectivity index (χ0n) is 11.7. The Hall–Kier alpha value is -1.77. The first-order chi connectivity index (χ1) is 11.8. The molecule has 0 saturated carbocycles. The molecule has 0 unspecified atom stereocenters. The second-order valence-electron chi connectivity index (χ2n) is 5.39. The van der Waals surface area contributed by atoms with Crippen molar-refractivity contribution in [3.05, 3.63) is 29.1 Å². The van der Waals surface area contributed by atoms with Crippen molar-refractivity contribution in [1.29, 1.82) is 0 Å². The quantitative estimate of drug-likeness (QED) is 0.270. The highest BCUT2D eigenvalue weighted by atomic mass is 19.4. The summed E-state index contributed by atoms with van der Waals surface area (Å²) >= 11 is 0. The summed E-state index contributed by atoms with van der Waals surface area (Å²) in [5.74, 6) is -53.1. The van der Waals surface area contributed by atoms with Gasteiger partial charge < -0.3 is 0 Å². The molecule has 1 fully saturated rings. The van der Waals surface area contributed by atoms with Crippen LogP contribution in [0.5, 0.6) is 0 Å². The van der Waals surface area contributed by atoms with Gasteiger partial charge in [-0.25, -0.2) is 39.5 Å². The van der Waals surface area contributed by atoms with E-state index in [4.69, 9.17) is 0 Å². The molecule has 1 heterocycles. The highest BCUT2D eigenvalue weighted by Gasteiger charge is 2.96. The van der Waals surface area contributed by atoms with Crippen molar-refractivity contribution in [2.45, 2.75) is 29.4 Å². The first-order valence-electron chi connectivity index (χ1n) is 6.20. The molecule has 0 amide bonds. The summed E-state index contributed by atoms with van der Waals surface area (Å²) in [5.41, 5.74) is -3.49. The molecule has 1 aliphatic rings. The fraction of sp³-hybridized carbons (Fsp3) is 0.455. The van der Waals surface area contributed by atoms with Crippen LogP contribution in [0.4, 0.5) is 65.9 Å². The lowest BCUT2D eigenvalue weighted by Gasteiger charge is -2.48. The van der Waals surface area contributed by atoms with Crippen molar-refractivity contribution in [3.63, 3.8) is 0 Å². The highest BCUT2D eigenvalue weighted by Crippen LogP contribution is 2.63. The molecule has 1 saturated heterocycles. The van der Waals surface area contributed by atoms with Crippen molar-refractivity contribution in [2.24, 2.45) is 0 Å². The van der Waals surface area contributed by atoms with Gasteiger partial charge in [-0.3, -0.25) is 0 Å². The number of alkyl halides is 10. The molecule has 27 heavy (non-hydrogen) atoms. The van der Waals surface area contributed by atoms with Crippen LogP contribution in [0.3, 0.4) is 0 Å². The second-order valence-corrected chi connectivity index (χ2v) is 5.39. The summed E-state index contributed by atoms with van der Waals surface area (Å²) in [7, 11) is 0. The molecule has 0 atom stereocenters. The maximum atomic E-state index is 13.7. The molecular weight excluding hydrogens is 428 g/mol. The SMILES string of the molecule is Fc1c(F)c(F)c(B2C(F)(F)C(F)(F)C(F)(F)C(F)(F)C2(F)F)c(F)c1F. The summed E-state index contributed by atoms with van der Waals surface area (Å²) < 4.78 is 200. The van der Waals surface area contributed by atoms with Crippen molar-refractivity contribution >= 4 is 12.2 Å². The van der Waals surface area contributed by atoms with Crippen LogP contribution in [-0.2, 0) is 0 Å². The second kappa shape index (κ2) is 5.40. The van der Waals surface area contributed by atoms with Crippen LogP contribution >= 0.6 is 0 Å². The summed E-state index contributed by atoms with van der Waals surface area (Å²) in [6.07, 6.45) is 0. The summed E-state index contributed by atoms with van der Waals surface area (Å²) in [4.78, 5) is 0. The van der Waals surface area contributed by atoms with E-state index >= 15 is 0 Å². The topological polar surface area (TPSA) is 0 Å². The minimum atomic E-state index is -7.45. The van der Waals surface area contributed by atoms with Crippen LogP contribution in [0.2, 0.25) is 0 Å². The fourth-order valence-corrected chi connectivity index (χ4v) is 2.44. The van der Waals surface area contributed by atoms with E-state index in [-0.39, 0.29) is 0 Å². The average molecular weight is 428 g/mol. The molecule has 1 aromatic carbocycles. The molecule has 2 rings (SSSR count). The maximum absolute atomic E-state index is 13.7. The standard InChI is InChI=1S/C11BF15/c13-2-1(3(14)5(16)6(17)4(2)15)12-10(24,25)8(20,21)7(18,19)9(22,23)11(12,26)27. The van der Waals surface area contributed by atoms with Crippen molar-refractivity contribution in [2.75, 3.05) is 0 Å². The first kappa shape index (κ1) is 21.5. The van der Waals surface area contributed by atoms with E-state index in [1.165, 1.54) is 0 Å². The van der Waals surface area contributed by atoms with E-state index in [0.717, 1.165) is 0 Å². The Labute approximate surface area is 138 Å². The molecule has 16 heteroatoms. The summed E-state index contributed by atoms with van der Waals surface area (Å²) in [5, 5.41) is 0. The summed E-state index contributed by atoms with van der Waals surface area (Å²) in [6.45, 7) is -5.53. The van der Waals surface area contributed by atoms with Crippen molar-refractivity contribution in [1.82, 2.24) is 0 Å². The molecule has 0 aliphatic carbocycles. The van der Waals surface area contributed by atoms with Gasteiger partial charge in [0.25, 0.3) is 11.6 Å². The number of benzene rings is 1. The molecule has 0 bridgehead atoms. The lowest BCUT2D eigenvalue weighted by atomic mass is 9.30. The largest absolute Gasteiger partial charge is 0.382 e. The maximum Gasteiger partial charge on any atom is 0.382 e.